The topological polar surface area (TPSA) is 17.1 Å². The van der Waals surface area contributed by atoms with Crippen LogP contribution in [-0.4, -0.2) is 11.0 Å². The van der Waals surface area contributed by atoms with Gasteiger partial charge in [-0.05, 0) is 41.9 Å². The van der Waals surface area contributed by atoms with Gasteiger partial charge in [-0.2, -0.15) is 0 Å². The van der Waals surface area contributed by atoms with Crippen molar-refractivity contribution >= 4 is 60.4 Å². The Bertz CT molecular complexity index is 1040. The van der Waals surface area contributed by atoms with Crippen molar-refractivity contribution in [3.8, 4) is 0 Å². The summed E-state index contributed by atoms with van der Waals surface area (Å²) in [6.07, 6.45) is 1.11. The van der Waals surface area contributed by atoms with Gasteiger partial charge in [0.2, 0.25) is 0 Å². The van der Waals surface area contributed by atoms with Gasteiger partial charge in [-0.25, -0.2) is 0 Å². The number of hydrogen-bond donors (Lipinski definition) is 0. The molecule has 1 aliphatic rings. The molecule has 1 aliphatic heterocycles. The van der Waals surface area contributed by atoms with Crippen molar-refractivity contribution in [1.82, 2.24) is 0 Å². The lowest BCUT2D eigenvalue weighted by atomic mass is 9.88. The number of thioether (sulfide) groups is 1. The standard InChI is InChI=1S/C22H26OS3/c1-11(23)15-8-12-13-9-16(21(2,3)4)25-19(13)20-14(18(12)24-15)10-17(26-20)22(5,6)7/h8-9,17H,10H2,1-7H3. The van der Waals surface area contributed by atoms with E-state index < -0.39 is 0 Å². The van der Waals surface area contributed by atoms with Gasteiger partial charge in [-0.3, -0.25) is 4.79 Å². The zero-order valence-corrected chi connectivity index (χ0v) is 19.0. The summed E-state index contributed by atoms with van der Waals surface area (Å²) in [5.41, 5.74) is 1.90. The molecule has 0 amide bonds. The summed E-state index contributed by atoms with van der Waals surface area (Å²) in [4.78, 5) is 15.8. The predicted molar refractivity (Wildman–Crippen MR) is 119 cm³/mol. The minimum absolute atomic E-state index is 0.148. The van der Waals surface area contributed by atoms with Crippen molar-refractivity contribution < 1.29 is 4.79 Å². The molecule has 1 nitrogen and oxygen atoms in total. The maximum Gasteiger partial charge on any atom is 0.169 e. The van der Waals surface area contributed by atoms with Gasteiger partial charge in [0.15, 0.2) is 5.78 Å². The molecule has 1 unspecified atom stereocenters. The van der Waals surface area contributed by atoms with E-state index in [0.29, 0.717) is 5.25 Å². The molecule has 26 heavy (non-hydrogen) atoms. The van der Waals surface area contributed by atoms with E-state index in [0.717, 1.165) is 11.3 Å². The number of ketones is 1. The van der Waals surface area contributed by atoms with Crippen molar-refractivity contribution in [2.75, 3.05) is 0 Å². The van der Waals surface area contributed by atoms with E-state index in [-0.39, 0.29) is 16.6 Å². The SMILES string of the molecule is CC(=O)c1cc2c(s1)c1c(c3sc(C(C)(C)C)cc32)SC(C(C)(C)C)C1. The van der Waals surface area contributed by atoms with Gasteiger partial charge in [-0.1, -0.05) is 41.5 Å². The first-order valence-corrected chi connectivity index (χ1v) is 11.7. The number of thiophene rings is 2. The maximum absolute atomic E-state index is 12.0. The predicted octanol–water partition coefficient (Wildman–Crippen LogP) is 7.68. The van der Waals surface area contributed by atoms with Gasteiger partial charge in [-0.15, -0.1) is 34.4 Å². The highest BCUT2D eigenvalue weighted by molar-refractivity contribution is 8.00. The third-order valence-corrected chi connectivity index (χ3v) is 10.1. The molecule has 138 valence electrons. The van der Waals surface area contributed by atoms with Crippen LogP contribution in [0.15, 0.2) is 17.0 Å². The summed E-state index contributed by atoms with van der Waals surface area (Å²) in [5.74, 6) is 0.178. The fourth-order valence-corrected chi connectivity index (χ4v) is 7.61. The van der Waals surface area contributed by atoms with Gasteiger partial charge in [0.25, 0.3) is 0 Å². The Balaban J connectivity index is 2.06. The smallest absolute Gasteiger partial charge is 0.169 e. The normalized spacial score (nSPS) is 18.0. The third-order valence-electron chi connectivity index (χ3n) is 5.21. The fraction of sp³-hybridized carbons (Fsp3) is 0.500. The molecule has 1 aromatic carbocycles. The molecule has 2 aromatic heterocycles. The van der Waals surface area contributed by atoms with E-state index in [1.807, 2.05) is 11.3 Å². The van der Waals surface area contributed by atoms with Gasteiger partial charge in [0, 0.05) is 35.2 Å². The Hall–Kier alpha value is -0.840. The van der Waals surface area contributed by atoms with E-state index in [9.17, 15) is 4.79 Å². The van der Waals surface area contributed by atoms with Crippen molar-refractivity contribution in [2.24, 2.45) is 5.41 Å². The van der Waals surface area contributed by atoms with Crippen LogP contribution in [0.4, 0.5) is 0 Å². The highest BCUT2D eigenvalue weighted by Gasteiger charge is 2.36. The summed E-state index contributed by atoms with van der Waals surface area (Å²) in [5, 5.41) is 3.23. The zero-order valence-electron chi connectivity index (χ0n) is 16.6. The quantitative estimate of drug-likeness (QED) is 0.388. The number of hydrogen-bond acceptors (Lipinski definition) is 4. The first-order chi connectivity index (χ1) is 12.0. The second-order valence-corrected chi connectivity index (χ2v) is 12.8. The van der Waals surface area contributed by atoms with Gasteiger partial charge in [0.1, 0.15) is 0 Å². The third kappa shape index (κ3) is 2.85. The highest BCUT2D eigenvalue weighted by atomic mass is 32.2. The van der Waals surface area contributed by atoms with E-state index in [2.05, 4.69) is 65.4 Å². The van der Waals surface area contributed by atoms with Crippen molar-refractivity contribution in [3.63, 3.8) is 0 Å². The minimum atomic E-state index is 0.148. The van der Waals surface area contributed by atoms with Crippen molar-refractivity contribution in [1.29, 1.82) is 0 Å². The number of benzene rings is 1. The second-order valence-electron chi connectivity index (χ2n) is 9.50. The molecule has 0 saturated heterocycles. The molecule has 1 atom stereocenters. The van der Waals surface area contributed by atoms with E-state index in [4.69, 9.17) is 0 Å². The van der Waals surface area contributed by atoms with Crippen LogP contribution in [0.2, 0.25) is 0 Å². The van der Waals surface area contributed by atoms with Crippen LogP contribution in [0.1, 0.15) is 68.6 Å². The van der Waals surface area contributed by atoms with Crippen LogP contribution in [0.25, 0.3) is 20.2 Å². The lowest BCUT2D eigenvalue weighted by Gasteiger charge is -2.25. The second kappa shape index (κ2) is 5.83. The summed E-state index contributed by atoms with van der Waals surface area (Å²) < 4.78 is 2.78. The first kappa shape index (κ1) is 18.5. The molecule has 4 rings (SSSR count). The Morgan fingerprint density at radius 3 is 2.23 bits per heavy atom. The minimum Gasteiger partial charge on any atom is -0.294 e. The van der Waals surface area contributed by atoms with Crippen LogP contribution >= 0.6 is 34.4 Å². The van der Waals surface area contributed by atoms with Gasteiger partial charge < -0.3 is 0 Å². The Kier molecular flexibility index (Phi) is 4.15. The van der Waals surface area contributed by atoms with Crippen molar-refractivity contribution in [2.45, 2.75) is 70.4 Å². The largest absolute Gasteiger partial charge is 0.294 e. The molecular weight excluding hydrogens is 376 g/mol. The Morgan fingerprint density at radius 1 is 1.00 bits per heavy atom. The van der Waals surface area contributed by atoms with Crippen LogP contribution in [0.5, 0.6) is 0 Å². The Morgan fingerprint density at radius 2 is 1.65 bits per heavy atom. The number of fused-ring (bicyclic) bond motifs is 6. The first-order valence-electron chi connectivity index (χ1n) is 9.17. The van der Waals surface area contributed by atoms with Crippen LogP contribution in [-0.2, 0) is 11.8 Å². The number of carbonyl (C=O) groups excluding carboxylic acids is 1. The molecule has 3 aromatic rings. The van der Waals surface area contributed by atoms with Gasteiger partial charge >= 0.3 is 0 Å². The van der Waals surface area contributed by atoms with Crippen LogP contribution in [0, 0.1) is 5.41 Å². The molecule has 0 radical (unpaired) electrons. The lowest BCUT2D eigenvalue weighted by Crippen LogP contribution is -2.22. The molecule has 0 saturated carbocycles. The lowest BCUT2D eigenvalue weighted by molar-refractivity contribution is 0.102. The molecule has 0 aliphatic carbocycles. The molecule has 0 N–H and O–H groups in total. The monoisotopic (exact) mass is 402 g/mol. The summed E-state index contributed by atoms with van der Waals surface area (Å²) in [7, 11) is 0. The summed E-state index contributed by atoms with van der Waals surface area (Å²) in [6, 6.07) is 4.52. The summed E-state index contributed by atoms with van der Waals surface area (Å²) in [6.45, 7) is 15.6. The molecule has 0 spiro atoms. The highest BCUT2D eigenvalue weighted by Crippen LogP contribution is 2.54. The van der Waals surface area contributed by atoms with Crippen LogP contribution < -0.4 is 0 Å². The van der Waals surface area contributed by atoms with Crippen molar-refractivity contribution in [3.05, 3.63) is 27.5 Å². The maximum atomic E-state index is 12.0. The van der Waals surface area contributed by atoms with Gasteiger partial charge in [0.05, 0.1) is 4.88 Å². The van der Waals surface area contributed by atoms with E-state index in [1.54, 1.807) is 18.3 Å². The average Bonchev–Trinajstić information content (AvgIpc) is 3.20. The molecule has 0 fully saturated rings. The average molecular weight is 403 g/mol. The summed E-state index contributed by atoms with van der Waals surface area (Å²) >= 11 is 5.71. The molecule has 3 heterocycles. The number of rotatable bonds is 1. The fourth-order valence-electron chi connectivity index (χ4n) is 3.52. The number of Topliss-reactive ketones (excluding diaryl/α,β-unsaturated/α-hetero) is 1. The molecular formula is C22H26OS3. The molecule has 0 bridgehead atoms. The van der Waals surface area contributed by atoms with E-state index in [1.165, 1.54) is 35.5 Å². The zero-order chi connectivity index (χ0) is 19.0. The number of carbonyl (C=O) groups is 1. The van der Waals surface area contributed by atoms with Crippen LogP contribution in [0.3, 0.4) is 0 Å². The Labute approximate surface area is 168 Å². The molecule has 4 heteroatoms. The van der Waals surface area contributed by atoms with E-state index >= 15 is 0 Å².